The summed E-state index contributed by atoms with van der Waals surface area (Å²) >= 11 is 0. The standard InChI is InChI=1S/C26H34N6O2/c1-2-34-16-6-13-28-25(33)23(17-21-9-10-21)30-24-18-22(12-11-20-7-4-3-5-8-20)29-26(31-24)32-15-14-27-19-32/h3-5,7-8,14-15,18-19,21,23H,2,6,9-13,16-17H2,1H3,(H,28,33)(H,29,30,31)/t23-/m0/s1. The van der Waals surface area contributed by atoms with Crippen LogP contribution in [0.3, 0.4) is 0 Å². The Morgan fingerprint density at radius 3 is 2.79 bits per heavy atom. The molecule has 0 spiro atoms. The first-order valence-corrected chi connectivity index (χ1v) is 12.2. The fourth-order valence-electron chi connectivity index (χ4n) is 3.85. The lowest BCUT2D eigenvalue weighted by atomic mass is 10.1. The largest absolute Gasteiger partial charge is 0.382 e. The third-order valence-corrected chi connectivity index (χ3v) is 5.89. The molecule has 8 heteroatoms. The van der Waals surface area contributed by atoms with Gasteiger partial charge in [0.2, 0.25) is 11.9 Å². The number of aromatic nitrogens is 4. The van der Waals surface area contributed by atoms with Crippen molar-refractivity contribution in [3.63, 3.8) is 0 Å². The van der Waals surface area contributed by atoms with Gasteiger partial charge in [0.05, 0.1) is 0 Å². The maximum absolute atomic E-state index is 13.0. The number of rotatable bonds is 14. The van der Waals surface area contributed by atoms with Crippen LogP contribution in [0.2, 0.25) is 0 Å². The fourth-order valence-corrected chi connectivity index (χ4v) is 3.85. The molecule has 1 aromatic carbocycles. The predicted molar refractivity (Wildman–Crippen MR) is 132 cm³/mol. The molecule has 1 saturated carbocycles. The topological polar surface area (TPSA) is 94.0 Å². The van der Waals surface area contributed by atoms with Crippen molar-refractivity contribution in [2.75, 3.05) is 25.1 Å². The highest BCUT2D eigenvalue weighted by atomic mass is 16.5. The molecule has 1 fully saturated rings. The van der Waals surface area contributed by atoms with Crippen LogP contribution in [0, 0.1) is 5.92 Å². The van der Waals surface area contributed by atoms with Crippen LogP contribution in [0.15, 0.2) is 55.1 Å². The number of imidazole rings is 1. The highest BCUT2D eigenvalue weighted by Crippen LogP contribution is 2.34. The van der Waals surface area contributed by atoms with E-state index in [4.69, 9.17) is 14.7 Å². The summed E-state index contributed by atoms with van der Waals surface area (Å²) in [6, 6.07) is 12.0. The van der Waals surface area contributed by atoms with Gasteiger partial charge in [0.1, 0.15) is 18.2 Å². The van der Waals surface area contributed by atoms with Gasteiger partial charge in [0, 0.05) is 43.9 Å². The van der Waals surface area contributed by atoms with Gasteiger partial charge in [-0.05, 0) is 44.1 Å². The molecule has 2 N–H and O–H groups in total. The normalized spacial score (nSPS) is 14.0. The fraction of sp³-hybridized carbons (Fsp3) is 0.462. The van der Waals surface area contributed by atoms with Crippen LogP contribution in [0.5, 0.6) is 0 Å². The minimum atomic E-state index is -0.327. The molecule has 4 rings (SSSR count). The van der Waals surface area contributed by atoms with Gasteiger partial charge in [0.25, 0.3) is 0 Å². The first-order valence-electron chi connectivity index (χ1n) is 12.2. The minimum Gasteiger partial charge on any atom is -0.382 e. The Morgan fingerprint density at radius 1 is 1.21 bits per heavy atom. The second-order valence-corrected chi connectivity index (χ2v) is 8.72. The smallest absolute Gasteiger partial charge is 0.242 e. The summed E-state index contributed by atoms with van der Waals surface area (Å²) in [4.78, 5) is 26.6. The number of nitrogens with zero attached hydrogens (tertiary/aromatic N) is 4. The van der Waals surface area contributed by atoms with E-state index in [-0.39, 0.29) is 11.9 Å². The maximum atomic E-state index is 13.0. The summed E-state index contributed by atoms with van der Waals surface area (Å²) in [5.74, 6) is 1.82. The molecule has 0 saturated heterocycles. The maximum Gasteiger partial charge on any atom is 0.242 e. The number of benzene rings is 1. The van der Waals surface area contributed by atoms with E-state index in [9.17, 15) is 4.79 Å². The van der Waals surface area contributed by atoms with E-state index >= 15 is 0 Å². The molecule has 2 heterocycles. The van der Waals surface area contributed by atoms with Crippen molar-refractivity contribution in [1.29, 1.82) is 0 Å². The third kappa shape index (κ3) is 7.38. The molecule has 180 valence electrons. The van der Waals surface area contributed by atoms with Crippen molar-refractivity contribution >= 4 is 11.7 Å². The lowest BCUT2D eigenvalue weighted by Crippen LogP contribution is -2.41. The molecule has 1 aliphatic carbocycles. The molecule has 2 aromatic heterocycles. The van der Waals surface area contributed by atoms with Gasteiger partial charge in [-0.3, -0.25) is 9.36 Å². The summed E-state index contributed by atoms with van der Waals surface area (Å²) < 4.78 is 7.16. The molecule has 0 unspecified atom stereocenters. The van der Waals surface area contributed by atoms with Gasteiger partial charge in [0.15, 0.2) is 0 Å². The third-order valence-electron chi connectivity index (χ3n) is 5.89. The molecule has 0 aliphatic heterocycles. The molecule has 1 amide bonds. The second-order valence-electron chi connectivity index (χ2n) is 8.72. The van der Waals surface area contributed by atoms with Crippen LogP contribution in [0.1, 0.15) is 43.9 Å². The number of hydrogen-bond donors (Lipinski definition) is 2. The Hall–Kier alpha value is -3.26. The zero-order valence-electron chi connectivity index (χ0n) is 19.8. The quantitative estimate of drug-likeness (QED) is 0.356. The number of amides is 1. The molecule has 1 atom stereocenters. The van der Waals surface area contributed by atoms with Crippen molar-refractivity contribution in [2.24, 2.45) is 5.92 Å². The number of anilines is 1. The van der Waals surface area contributed by atoms with Crippen molar-refractivity contribution in [2.45, 2.75) is 51.5 Å². The SMILES string of the molecule is CCOCCCNC(=O)[C@H](CC1CC1)Nc1cc(CCc2ccccc2)nc(-n2ccnc2)n1. The van der Waals surface area contributed by atoms with E-state index in [1.165, 1.54) is 18.4 Å². The Kier molecular flexibility index (Phi) is 8.62. The molecule has 8 nitrogen and oxygen atoms in total. The van der Waals surface area contributed by atoms with E-state index < -0.39 is 0 Å². The van der Waals surface area contributed by atoms with Gasteiger partial charge in [-0.2, -0.15) is 4.98 Å². The molecule has 34 heavy (non-hydrogen) atoms. The Bertz CT molecular complexity index is 1020. The van der Waals surface area contributed by atoms with Crippen LogP contribution in [0.4, 0.5) is 5.82 Å². The Balaban J connectivity index is 1.47. The van der Waals surface area contributed by atoms with Gasteiger partial charge in [-0.15, -0.1) is 0 Å². The predicted octanol–water partition coefficient (Wildman–Crippen LogP) is 3.57. The summed E-state index contributed by atoms with van der Waals surface area (Å²) in [5, 5.41) is 6.47. The molecule has 0 radical (unpaired) electrons. The number of carbonyl (C=O) groups excluding carboxylic acids is 1. The zero-order chi connectivity index (χ0) is 23.6. The molecule has 3 aromatic rings. The van der Waals surface area contributed by atoms with E-state index in [1.54, 1.807) is 17.1 Å². The van der Waals surface area contributed by atoms with E-state index in [0.717, 1.165) is 31.4 Å². The monoisotopic (exact) mass is 462 g/mol. The van der Waals surface area contributed by atoms with Crippen LogP contribution < -0.4 is 10.6 Å². The number of ether oxygens (including phenoxy) is 1. The van der Waals surface area contributed by atoms with Gasteiger partial charge in [-0.1, -0.05) is 43.2 Å². The molecule has 0 bridgehead atoms. The van der Waals surface area contributed by atoms with Crippen molar-refractivity contribution in [3.8, 4) is 5.95 Å². The Labute approximate surface area is 201 Å². The minimum absolute atomic E-state index is 0.0111. The van der Waals surface area contributed by atoms with Crippen molar-refractivity contribution < 1.29 is 9.53 Å². The Morgan fingerprint density at radius 2 is 2.06 bits per heavy atom. The van der Waals surface area contributed by atoms with E-state index in [0.29, 0.717) is 37.4 Å². The zero-order valence-corrected chi connectivity index (χ0v) is 19.8. The number of hydrogen-bond acceptors (Lipinski definition) is 6. The summed E-state index contributed by atoms with van der Waals surface area (Å²) in [7, 11) is 0. The first-order chi connectivity index (χ1) is 16.7. The van der Waals surface area contributed by atoms with Gasteiger partial charge >= 0.3 is 0 Å². The van der Waals surface area contributed by atoms with Crippen molar-refractivity contribution in [1.82, 2.24) is 24.8 Å². The van der Waals surface area contributed by atoms with Crippen LogP contribution in [-0.2, 0) is 22.4 Å². The van der Waals surface area contributed by atoms with E-state index in [2.05, 4.69) is 39.9 Å². The second kappa shape index (κ2) is 12.3. The number of nitrogens with one attached hydrogen (secondary N) is 2. The lowest BCUT2D eigenvalue weighted by molar-refractivity contribution is -0.122. The average molecular weight is 463 g/mol. The highest BCUT2D eigenvalue weighted by Gasteiger charge is 2.29. The van der Waals surface area contributed by atoms with Gasteiger partial charge in [-0.25, -0.2) is 9.97 Å². The van der Waals surface area contributed by atoms with Crippen LogP contribution in [0.25, 0.3) is 5.95 Å². The van der Waals surface area contributed by atoms with E-state index in [1.807, 2.05) is 25.3 Å². The van der Waals surface area contributed by atoms with Crippen molar-refractivity contribution in [3.05, 3.63) is 66.4 Å². The molecular formula is C26H34N6O2. The average Bonchev–Trinajstić information content (AvgIpc) is 3.50. The van der Waals surface area contributed by atoms with Crippen LogP contribution in [-0.4, -0.2) is 51.2 Å². The lowest BCUT2D eigenvalue weighted by Gasteiger charge is -2.20. The number of carbonyl (C=O) groups is 1. The first kappa shape index (κ1) is 23.9. The number of aryl methyl sites for hydroxylation is 2. The summed E-state index contributed by atoms with van der Waals surface area (Å²) in [6.07, 6.45) is 10.9. The highest BCUT2D eigenvalue weighted by molar-refractivity contribution is 5.84. The summed E-state index contributed by atoms with van der Waals surface area (Å²) in [5.41, 5.74) is 2.19. The molecule has 1 aliphatic rings. The molecular weight excluding hydrogens is 428 g/mol. The summed E-state index contributed by atoms with van der Waals surface area (Å²) in [6.45, 7) is 3.93. The van der Waals surface area contributed by atoms with Crippen LogP contribution >= 0.6 is 0 Å². The van der Waals surface area contributed by atoms with Gasteiger partial charge < -0.3 is 15.4 Å².